The SMILES string of the molecule is c1csc(CCNCCSc2nc3ccccc3s2)c1. The Morgan fingerprint density at radius 2 is 2.05 bits per heavy atom. The van der Waals surface area contributed by atoms with E-state index in [1.165, 1.54) is 13.9 Å². The zero-order chi connectivity index (χ0) is 13.6. The van der Waals surface area contributed by atoms with Crippen LogP contribution in [-0.2, 0) is 6.42 Å². The van der Waals surface area contributed by atoms with Crippen LogP contribution in [0.1, 0.15) is 4.88 Å². The van der Waals surface area contributed by atoms with Crippen molar-refractivity contribution >= 4 is 44.7 Å². The second-order valence-electron chi connectivity index (χ2n) is 4.38. The van der Waals surface area contributed by atoms with E-state index in [0.29, 0.717) is 0 Å². The summed E-state index contributed by atoms with van der Waals surface area (Å²) in [7, 11) is 0. The standard InChI is InChI=1S/C15H16N2S3/c1-2-6-14-13(5-1)17-15(20-14)19-11-9-16-8-7-12-4-3-10-18-12/h1-6,10,16H,7-9,11H2. The molecule has 3 aromatic rings. The molecule has 0 atom stereocenters. The molecule has 0 unspecified atom stereocenters. The predicted molar refractivity (Wildman–Crippen MR) is 91.2 cm³/mol. The number of thiazole rings is 1. The van der Waals surface area contributed by atoms with Gasteiger partial charge in [0.05, 0.1) is 10.2 Å². The van der Waals surface area contributed by atoms with Gasteiger partial charge in [0.15, 0.2) is 4.34 Å². The van der Waals surface area contributed by atoms with Crippen molar-refractivity contribution in [3.8, 4) is 0 Å². The van der Waals surface area contributed by atoms with Crippen LogP contribution in [-0.4, -0.2) is 23.8 Å². The zero-order valence-corrected chi connectivity index (χ0v) is 13.5. The lowest BCUT2D eigenvalue weighted by atomic mass is 10.3. The van der Waals surface area contributed by atoms with Gasteiger partial charge in [-0.25, -0.2) is 4.98 Å². The van der Waals surface area contributed by atoms with Gasteiger partial charge in [-0.3, -0.25) is 0 Å². The van der Waals surface area contributed by atoms with Crippen molar-refractivity contribution < 1.29 is 0 Å². The molecule has 0 aliphatic rings. The Bertz CT molecular complexity index is 613. The molecular weight excluding hydrogens is 304 g/mol. The number of nitrogens with zero attached hydrogens (tertiary/aromatic N) is 1. The Hall–Kier alpha value is -0.880. The maximum atomic E-state index is 4.63. The van der Waals surface area contributed by atoms with E-state index in [2.05, 4.69) is 46.0 Å². The van der Waals surface area contributed by atoms with Crippen molar-refractivity contribution in [3.05, 3.63) is 46.7 Å². The molecule has 1 N–H and O–H groups in total. The highest BCUT2D eigenvalue weighted by Gasteiger charge is 2.03. The van der Waals surface area contributed by atoms with Crippen LogP contribution in [0, 0.1) is 0 Å². The van der Waals surface area contributed by atoms with Crippen LogP contribution >= 0.6 is 34.4 Å². The summed E-state index contributed by atoms with van der Waals surface area (Å²) >= 11 is 5.46. The van der Waals surface area contributed by atoms with E-state index in [-0.39, 0.29) is 0 Å². The highest BCUT2D eigenvalue weighted by atomic mass is 32.2. The Morgan fingerprint density at radius 1 is 1.10 bits per heavy atom. The molecule has 104 valence electrons. The second kappa shape index (κ2) is 7.22. The lowest BCUT2D eigenvalue weighted by molar-refractivity contribution is 0.725. The smallest absolute Gasteiger partial charge is 0.151 e. The summed E-state index contributed by atoms with van der Waals surface area (Å²) in [6.45, 7) is 2.09. The van der Waals surface area contributed by atoms with Gasteiger partial charge in [-0.05, 0) is 36.5 Å². The van der Waals surface area contributed by atoms with Crippen LogP contribution < -0.4 is 5.32 Å². The normalized spacial score (nSPS) is 11.2. The molecule has 20 heavy (non-hydrogen) atoms. The number of para-hydroxylation sites is 1. The molecule has 0 amide bonds. The topological polar surface area (TPSA) is 24.9 Å². The predicted octanol–water partition coefficient (Wildman–Crippen LogP) is 4.28. The van der Waals surface area contributed by atoms with Crippen molar-refractivity contribution in [2.75, 3.05) is 18.8 Å². The summed E-state index contributed by atoms with van der Waals surface area (Å²) in [4.78, 5) is 6.08. The highest BCUT2D eigenvalue weighted by Crippen LogP contribution is 2.28. The van der Waals surface area contributed by atoms with Gasteiger partial charge in [0.25, 0.3) is 0 Å². The van der Waals surface area contributed by atoms with Crippen LogP contribution in [0.4, 0.5) is 0 Å². The van der Waals surface area contributed by atoms with Crippen molar-refractivity contribution in [1.29, 1.82) is 0 Å². The number of benzene rings is 1. The average molecular weight is 321 g/mol. The molecule has 0 radical (unpaired) electrons. The molecule has 0 saturated heterocycles. The van der Waals surface area contributed by atoms with Crippen molar-refractivity contribution in [2.24, 2.45) is 0 Å². The molecule has 2 heterocycles. The Balaban J connectivity index is 1.37. The number of aromatic nitrogens is 1. The van der Waals surface area contributed by atoms with Crippen LogP contribution in [0.2, 0.25) is 0 Å². The van der Waals surface area contributed by atoms with Gasteiger partial charge < -0.3 is 5.32 Å². The van der Waals surface area contributed by atoms with Crippen LogP contribution in [0.3, 0.4) is 0 Å². The number of fused-ring (bicyclic) bond motifs is 1. The number of thioether (sulfide) groups is 1. The fourth-order valence-corrected chi connectivity index (χ4v) is 4.66. The summed E-state index contributed by atoms with van der Waals surface area (Å²) < 4.78 is 2.45. The van der Waals surface area contributed by atoms with Gasteiger partial charge >= 0.3 is 0 Å². The molecule has 1 aromatic carbocycles. The molecule has 2 nitrogen and oxygen atoms in total. The molecular formula is C15H16N2S3. The van der Waals surface area contributed by atoms with Crippen LogP contribution in [0.25, 0.3) is 10.2 Å². The van der Waals surface area contributed by atoms with Gasteiger partial charge in [-0.15, -0.1) is 22.7 Å². The monoisotopic (exact) mass is 320 g/mol. The summed E-state index contributed by atoms with van der Waals surface area (Å²) in [5.41, 5.74) is 1.12. The maximum Gasteiger partial charge on any atom is 0.151 e. The maximum absolute atomic E-state index is 4.63. The lowest BCUT2D eigenvalue weighted by Gasteiger charge is -2.02. The fourth-order valence-electron chi connectivity index (χ4n) is 1.91. The number of rotatable bonds is 7. The highest BCUT2D eigenvalue weighted by molar-refractivity contribution is 8.01. The molecule has 0 aliphatic carbocycles. The fraction of sp³-hybridized carbons (Fsp3) is 0.267. The molecule has 0 aliphatic heterocycles. The van der Waals surface area contributed by atoms with Gasteiger partial charge in [0, 0.05) is 17.2 Å². The van der Waals surface area contributed by atoms with Crippen LogP contribution in [0.15, 0.2) is 46.1 Å². The molecule has 5 heteroatoms. The number of hydrogen-bond donors (Lipinski definition) is 1. The lowest BCUT2D eigenvalue weighted by Crippen LogP contribution is -2.19. The third-order valence-corrected chi connectivity index (χ3v) is 6.02. The van der Waals surface area contributed by atoms with E-state index in [1.807, 2.05) is 29.2 Å². The van der Waals surface area contributed by atoms with E-state index < -0.39 is 0 Å². The van der Waals surface area contributed by atoms with Crippen LogP contribution in [0.5, 0.6) is 0 Å². The summed E-state index contributed by atoms with van der Waals surface area (Å²) in [5, 5.41) is 5.63. The number of nitrogens with one attached hydrogen (secondary N) is 1. The summed E-state index contributed by atoms with van der Waals surface area (Å²) in [6.07, 6.45) is 1.13. The van der Waals surface area contributed by atoms with Crippen molar-refractivity contribution in [3.63, 3.8) is 0 Å². The third-order valence-electron chi connectivity index (χ3n) is 2.91. The van der Waals surface area contributed by atoms with Gasteiger partial charge in [-0.2, -0.15) is 0 Å². The average Bonchev–Trinajstić information content (AvgIpc) is 3.11. The molecule has 0 saturated carbocycles. The molecule has 3 rings (SSSR count). The minimum atomic E-state index is 1.03. The van der Waals surface area contributed by atoms with E-state index in [0.717, 1.165) is 30.8 Å². The molecule has 0 fully saturated rings. The number of thiophene rings is 1. The minimum Gasteiger partial charge on any atom is -0.316 e. The van der Waals surface area contributed by atoms with Crippen molar-refractivity contribution in [2.45, 2.75) is 10.8 Å². The first-order chi connectivity index (χ1) is 9.92. The number of hydrogen-bond acceptors (Lipinski definition) is 5. The zero-order valence-electron chi connectivity index (χ0n) is 11.0. The Kier molecular flexibility index (Phi) is 5.08. The van der Waals surface area contributed by atoms with Gasteiger partial charge in [-0.1, -0.05) is 30.0 Å². The van der Waals surface area contributed by atoms with E-state index in [9.17, 15) is 0 Å². The van der Waals surface area contributed by atoms with E-state index in [4.69, 9.17) is 0 Å². The quantitative estimate of drug-likeness (QED) is 0.519. The second-order valence-corrected chi connectivity index (χ2v) is 7.78. The largest absolute Gasteiger partial charge is 0.316 e. The molecule has 0 spiro atoms. The Labute approximate surface area is 131 Å². The van der Waals surface area contributed by atoms with Crippen molar-refractivity contribution in [1.82, 2.24) is 10.3 Å². The first-order valence-electron chi connectivity index (χ1n) is 6.63. The summed E-state index contributed by atoms with van der Waals surface area (Å²) in [6, 6.07) is 12.6. The molecule has 0 bridgehead atoms. The summed E-state index contributed by atoms with van der Waals surface area (Å²) in [5.74, 6) is 1.07. The van der Waals surface area contributed by atoms with Gasteiger partial charge in [0.1, 0.15) is 0 Å². The third kappa shape index (κ3) is 3.82. The van der Waals surface area contributed by atoms with E-state index in [1.54, 1.807) is 11.3 Å². The molecule has 2 aromatic heterocycles. The van der Waals surface area contributed by atoms with Gasteiger partial charge in [0.2, 0.25) is 0 Å². The first kappa shape index (κ1) is 14.1. The first-order valence-corrected chi connectivity index (χ1v) is 9.31. The Morgan fingerprint density at radius 3 is 2.90 bits per heavy atom. The van der Waals surface area contributed by atoms with E-state index >= 15 is 0 Å². The minimum absolute atomic E-state index is 1.03.